The Morgan fingerprint density at radius 3 is 2.09 bits per heavy atom. The highest BCUT2D eigenvalue weighted by Crippen LogP contribution is 2.31. The number of anilines is 2. The Hall–Kier alpha value is -3.39. The Labute approximate surface area is 200 Å². The summed E-state index contributed by atoms with van der Waals surface area (Å²) in [6.45, 7) is 8.73. The van der Waals surface area contributed by atoms with Crippen LogP contribution in [0, 0.1) is 0 Å². The van der Waals surface area contributed by atoms with Gasteiger partial charge in [0.1, 0.15) is 0 Å². The number of allylic oxidation sites excluding steroid dienone is 1. The highest BCUT2D eigenvalue weighted by atomic mass is 32.1. The van der Waals surface area contributed by atoms with Crippen LogP contribution in [0.5, 0.6) is 0 Å². The molecule has 1 atom stereocenters. The summed E-state index contributed by atoms with van der Waals surface area (Å²) in [5.41, 5.74) is 4.67. The maximum absolute atomic E-state index is 12.5. The molecule has 174 valence electrons. The molecule has 1 heterocycles. The Morgan fingerprint density at radius 2 is 1.61 bits per heavy atom. The number of hydrogen-bond donors (Lipinski definition) is 3. The molecular formula is C25H30N4O3S. The molecule has 1 aliphatic heterocycles. The van der Waals surface area contributed by atoms with E-state index in [1.807, 2.05) is 55.1 Å². The monoisotopic (exact) mass is 466 g/mol. The molecule has 7 nitrogen and oxygen atoms in total. The Bertz CT molecular complexity index is 1060. The molecule has 0 spiro atoms. The lowest BCUT2D eigenvalue weighted by atomic mass is 9.95. The molecule has 8 heteroatoms. The second-order valence-electron chi connectivity index (χ2n) is 8.10. The number of amides is 2. The van der Waals surface area contributed by atoms with Crippen LogP contribution in [-0.4, -0.2) is 35.7 Å². The average molecular weight is 467 g/mol. The lowest BCUT2D eigenvalue weighted by Gasteiger charge is -2.36. The van der Waals surface area contributed by atoms with Crippen molar-refractivity contribution in [1.29, 1.82) is 0 Å². The summed E-state index contributed by atoms with van der Waals surface area (Å²) in [6, 6.07) is 14.3. The standard InChI is InChI=1S/C25H30N4O3S/c1-6-29-16(4)21(23(30)32-5)22(28-25(29)33)18-9-13-20(14-10-18)27-24(31)26-19-11-7-17(8-12-19)15(2)3/h7-15,22H,6H2,1-5H3,(H,28,33)(H2,26,27,31)/t22-/m0/s1. The van der Waals surface area contributed by atoms with E-state index in [-0.39, 0.29) is 6.03 Å². The zero-order valence-corrected chi connectivity index (χ0v) is 20.4. The smallest absolute Gasteiger partial charge is 0.337 e. The van der Waals surface area contributed by atoms with E-state index in [0.717, 1.165) is 16.9 Å². The van der Waals surface area contributed by atoms with Crippen LogP contribution in [0.3, 0.4) is 0 Å². The van der Waals surface area contributed by atoms with E-state index in [4.69, 9.17) is 17.0 Å². The van der Waals surface area contributed by atoms with Crippen molar-refractivity contribution in [2.24, 2.45) is 0 Å². The number of nitrogens with zero attached hydrogens (tertiary/aromatic N) is 1. The minimum atomic E-state index is -0.435. The Kier molecular flexibility index (Phi) is 7.71. The summed E-state index contributed by atoms with van der Waals surface area (Å²) in [6.07, 6.45) is 0. The summed E-state index contributed by atoms with van der Waals surface area (Å²) in [7, 11) is 1.37. The molecule has 0 bridgehead atoms. The zero-order valence-electron chi connectivity index (χ0n) is 19.6. The van der Waals surface area contributed by atoms with E-state index in [0.29, 0.717) is 28.8 Å². The number of ether oxygens (including phenoxy) is 1. The van der Waals surface area contributed by atoms with Crippen LogP contribution < -0.4 is 16.0 Å². The number of urea groups is 1. The quantitative estimate of drug-likeness (QED) is 0.403. The van der Waals surface area contributed by atoms with Crippen molar-refractivity contribution < 1.29 is 14.3 Å². The number of carbonyl (C=O) groups is 2. The number of nitrogens with one attached hydrogen (secondary N) is 3. The van der Waals surface area contributed by atoms with Crippen molar-refractivity contribution in [3.05, 3.63) is 70.9 Å². The fraction of sp³-hybridized carbons (Fsp3) is 0.320. The molecule has 0 aromatic heterocycles. The van der Waals surface area contributed by atoms with Crippen molar-refractivity contribution in [3.63, 3.8) is 0 Å². The summed E-state index contributed by atoms with van der Waals surface area (Å²) in [5.74, 6) is 0.0267. The average Bonchev–Trinajstić information content (AvgIpc) is 2.79. The molecule has 3 N–H and O–H groups in total. The van der Waals surface area contributed by atoms with Gasteiger partial charge in [0, 0.05) is 23.6 Å². The van der Waals surface area contributed by atoms with Gasteiger partial charge in [0.25, 0.3) is 0 Å². The van der Waals surface area contributed by atoms with Crippen LogP contribution >= 0.6 is 12.2 Å². The second-order valence-corrected chi connectivity index (χ2v) is 8.48. The maximum atomic E-state index is 12.5. The summed E-state index contributed by atoms with van der Waals surface area (Å²) < 4.78 is 5.02. The van der Waals surface area contributed by atoms with Gasteiger partial charge in [0.05, 0.1) is 18.7 Å². The largest absolute Gasteiger partial charge is 0.466 e. The molecule has 0 fully saturated rings. The van der Waals surface area contributed by atoms with Crippen LogP contribution in [-0.2, 0) is 9.53 Å². The van der Waals surface area contributed by atoms with Gasteiger partial charge < -0.3 is 25.6 Å². The maximum Gasteiger partial charge on any atom is 0.337 e. The normalized spacial score (nSPS) is 15.9. The van der Waals surface area contributed by atoms with E-state index in [1.54, 1.807) is 12.1 Å². The number of esters is 1. The van der Waals surface area contributed by atoms with Gasteiger partial charge in [-0.25, -0.2) is 9.59 Å². The van der Waals surface area contributed by atoms with Gasteiger partial charge in [-0.1, -0.05) is 38.1 Å². The third-order valence-corrected chi connectivity index (χ3v) is 5.99. The van der Waals surface area contributed by atoms with Crippen molar-refractivity contribution in [1.82, 2.24) is 10.2 Å². The highest BCUT2D eigenvalue weighted by Gasteiger charge is 2.33. The summed E-state index contributed by atoms with van der Waals surface area (Å²) in [5, 5.41) is 9.45. The molecule has 0 aliphatic carbocycles. The third kappa shape index (κ3) is 5.51. The summed E-state index contributed by atoms with van der Waals surface area (Å²) >= 11 is 5.49. The minimum absolute atomic E-state index is 0.332. The van der Waals surface area contributed by atoms with Crippen LogP contribution in [0.25, 0.3) is 0 Å². The molecule has 33 heavy (non-hydrogen) atoms. The van der Waals surface area contributed by atoms with Crippen LogP contribution in [0.1, 0.15) is 50.8 Å². The molecule has 2 amide bonds. The highest BCUT2D eigenvalue weighted by molar-refractivity contribution is 7.80. The van der Waals surface area contributed by atoms with Crippen LogP contribution in [0.4, 0.5) is 16.2 Å². The molecule has 2 aromatic carbocycles. The first-order chi connectivity index (χ1) is 15.7. The molecule has 3 rings (SSSR count). The van der Waals surface area contributed by atoms with Crippen LogP contribution in [0.2, 0.25) is 0 Å². The Morgan fingerprint density at radius 1 is 1.06 bits per heavy atom. The first kappa shape index (κ1) is 24.3. The third-order valence-electron chi connectivity index (χ3n) is 5.65. The molecule has 2 aromatic rings. The molecule has 0 radical (unpaired) electrons. The lowest BCUT2D eigenvalue weighted by molar-refractivity contribution is -0.136. The number of hydrogen-bond acceptors (Lipinski definition) is 4. The van der Waals surface area contributed by atoms with Crippen molar-refractivity contribution in [2.75, 3.05) is 24.3 Å². The van der Waals surface area contributed by atoms with Crippen molar-refractivity contribution in [2.45, 2.75) is 39.7 Å². The fourth-order valence-corrected chi connectivity index (χ4v) is 4.17. The number of thiocarbonyl (C=S) groups is 1. The van der Waals surface area contributed by atoms with Gasteiger partial charge in [0.15, 0.2) is 5.11 Å². The zero-order chi connectivity index (χ0) is 24.1. The molecule has 0 unspecified atom stereocenters. The van der Waals surface area contributed by atoms with Crippen molar-refractivity contribution in [3.8, 4) is 0 Å². The van der Waals surface area contributed by atoms with Crippen molar-refractivity contribution >= 4 is 40.7 Å². The SMILES string of the molecule is CCN1C(=S)N[C@@H](c2ccc(NC(=O)Nc3ccc(C(C)C)cc3)cc2)C(C(=O)OC)=C1C. The van der Waals surface area contributed by atoms with Gasteiger partial charge in [-0.2, -0.15) is 0 Å². The predicted molar refractivity (Wildman–Crippen MR) is 135 cm³/mol. The lowest BCUT2D eigenvalue weighted by Crippen LogP contribution is -2.47. The molecule has 1 aliphatic rings. The van der Waals surface area contributed by atoms with E-state index in [9.17, 15) is 9.59 Å². The number of methoxy groups -OCH3 is 1. The van der Waals surface area contributed by atoms with Gasteiger partial charge in [-0.3, -0.25) is 0 Å². The number of benzene rings is 2. The van der Waals surface area contributed by atoms with E-state index < -0.39 is 12.0 Å². The van der Waals surface area contributed by atoms with Gasteiger partial charge in [-0.05, 0) is 67.4 Å². The minimum Gasteiger partial charge on any atom is -0.466 e. The Balaban J connectivity index is 1.73. The summed E-state index contributed by atoms with van der Waals surface area (Å²) in [4.78, 5) is 26.8. The van der Waals surface area contributed by atoms with Gasteiger partial charge in [0.2, 0.25) is 0 Å². The van der Waals surface area contributed by atoms with Gasteiger partial charge >= 0.3 is 12.0 Å². The molecule has 0 saturated carbocycles. The first-order valence-electron chi connectivity index (χ1n) is 10.9. The second kappa shape index (κ2) is 10.5. The first-order valence-corrected chi connectivity index (χ1v) is 11.3. The van der Waals surface area contributed by atoms with E-state index >= 15 is 0 Å². The predicted octanol–water partition coefficient (Wildman–Crippen LogP) is 5.15. The fourth-order valence-electron chi connectivity index (χ4n) is 3.79. The number of carbonyl (C=O) groups excluding carboxylic acids is 2. The topological polar surface area (TPSA) is 82.7 Å². The number of rotatable bonds is 6. The van der Waals surface area contributed by atoms with E-state index in [2.05, 4.69) is 29.8 Å². The van der Waals surface area contributed by atoms with Gasteiger partial charge in [-0.15, -0.1) is 0 Å². The van der Waals surface area contributed by atoms with E-state index in [1.165, 1.54) is 12.7 Å². The molecule has 0 saturated heterocycles. The van der Waals surface area contributed by atoms with Crippen LogP contribution in [0.15, 0.2) is 59.8 Å². The molecular weight excluding hydrogens is 436 g/mol.